The summed E-state index contributed by atoms with van der Waals surface area (Å²) in [5, 5.41) is 6.13. The van der Waals surface area contributed by atoms with E-state index in [1.165, 1.54) is 11.8 Å². The molecule has 5 heteroatoms. The van der Waals surface area contributed by atoms with Crippen molar-refractivity contribution in [3.8, 4) is 0 Å². The largest absolute Gasteiger partial charge is 0.372 e. The van der Waals surface area contributed by atoms with Crippen LogP contribution in [0.4, 0.5) is 5.82 Å². The van der Waals surface area contributed by atoms with Crippen molar-refractivity contribution in [1.29, 1.82) is 0 Å². The minimum Gasteiger partial charge on any atom is -0.372 e. The molecule has 0 spiro atoms. The smallest absolute Gasteiger partial charge is 0.253 e. The van der Waals surface area contributed by atoms with Crippen molar-refractivity contribution < 1.29 is 4.79 Å². The third-order valence-electron chi connectivity index (χ3n) is 2.88. The van der Waals surface area contributed by atoms with Gasteiger partial charge in [0.15, 0.2) is 0 Å². The average Bonchev–Trinajstić information content (AvgIpc) is 2.44. The molecular formula is C15H16ClN3O. The van der Waals surface area contributed by atoms with Gasteiger partial charge in [0.25, 0.3) is 5.91 Å². The molecule has 2 N–H and O–H groups in total. The summed E-state index contributed by atoms with van der Waals surface area (Å²) in [4.78, 5) is 16.1. The molecule has 1 heterocycles. The second kappa shape index (κ2) is 6.39. The number of amides is 1. The first-order valence-electron chi connectivity index (χ1n) is 6.27. The van der Waals surface area contributed by atoms with E-state index in [0.29, 0.717) is 22.9 Å². The van der Waals surface area contributed by atoms with Crippen LogP contribution in [0.15, 0.2) is 36.5 Å². The molecule has 0 atom stereocenters. The summed E-state index contributed by atoms with van der Waals surface area (Å²) in [6, 6.07) is 9.60. The molecule has 1 aromatic heterocycles. The molecule has 0 radical (unpaired) electrons. The molecule has 20 heavy (non-hydrogen) atoms. The fourth-order valence-electron chi connectivity index (χ4n) is 1.85. The van der Waals surface area contributed by atoms with Crippen LogP contribution in [0.2, 0.25) is 5.02 Å². The number of halogens is 1. The standard InChI is InChI=1S/C15H16ClN3O/c1-10-4-3-5-11(6-10)8-19-15(20)12-7-13(16)14(17-2)18-9-12/h3-7,9H,8H2,1-2H3,(H,17,18)(H,19,20). The Balaban J connectivity index is 2.03. The third-order valence-corrected chi connectivity index (χ3v) is 3.16. The van der Waals surface area contributed by atoms with Crippen LogP contribution in [0.1, 0.15) is 21.5 Å². The molecule has 0 saturated carbocycles. The second-order valence-electron chi connectivity index (χ2n) is 4.48. The van der Waals surface area contributed by atoms with Gasteiger partial charge in [-0.3, -0.25) is 4.79 Å². The number of hydrogen-bond acceptors (Lipinski definition) is 3. The highest BCUT2D eigenvalue weighted by Crippen LogP contribution is 2.19. The van der Waals surface area contributed by atoms with Crippen molar-refractivity contribution in [3.63, 3.8) is 0 Å². The fraction of sp³-hybridized carbons (Fsp3) is 0.200. The maximum absolute atomic E-state index is 12.0. The fourth-order valence-corrected chi connectivity index (χ4v) is 2.11. The molecule has 2 rings (SSSR count). The topological polar surface area (TPSA) is 54.0 Å². The third kappa shape index (κ3) is 3.48. The zero-order chi connectivity index (χ0) is 14.5. The highest BCUT2D eigenvalue weighted by Gasteiger charge is 2.09. The van der Waals surface area contributed by atoms with Crippen molar-refractivity contribution in [2.24, 2.45) is 0 Å². The number of aryl methyl sites for hydroxylation is 1. The van der Waals surface area contributed by atoms with Crippen LogP contribution in [-0.4, -0.2) is 17.9 Å². The summed E-state index contributed by atoms with van der Waals surface area (Å²) in [6.07, 6.45) is 1.50. The van der Waals surface area contributed by atoms with E-state index in [1.54, 1.807) is 13.1 Å². The quantitative estimate of drug-likeness (QED) is 0.910. The molecule has 0 aliphatic heterocycles. The number of nitrogens with zero attached hydrogens (tertiary/aromatic N) is 1. The van der Waals surface area contributed by atoms with Gasteiger partial charge in [0.1, 0.15) is 5.82 Å². The van der Waals surface area contributed by atoms with E-state index < -0.39 is 0 Å². The first kappa shape index (κ1) is 14.3. The maximum atomic E-state index is 12.0. The molecule has 0 saturated heterocycles. The van der Waals surface area contributed by atoms with Gasteiger partial charge < -0.3 is 10.6 Å². The lowest BCUT2D eigenvalue weighted by atomic mass is 10.1. The van der Waals surface area contributed by atoms with Crippen LogP contribution in [0.3, 0.4) is 0 Å². The predicted molar refractivity (Wildman–Crippen MR) is 81.1 cm³/mol. The molecule has 2 aromatic rings. The van der Waals surface area contributed by atoms with E-state index in [0.717, 1.165) is 5.56 Å². The number of pyridine rings is 1. The Morgan fingerprint density at radius 1 is 1.35 bits per heavy atom. The Bertz CT molecular complexity index is 628. The maximum Gasteiger partial charge on any atom is 0.253 e. The van der Waals surface area contributed by atoms with Gasteiger partial charge in [0.05, 0.1) is 10.6 Å². The summed E-state index contributed by atoms with van der Waals surface area (Å²) in [5.74, 6) is 0.366. The monoisotopic (exact) mass is 289 g/mol. The van der Waals surface area contributed by atoms with Crippen molar-refractivity contribution in [1.82, 2.24) is 10.3 Å². The lowest BCUT2D eigenvalue weighted by molar-refractivity contribution is 0.0950. The number of anilines is 1. The lowest BCUT2D eigenvalue weighted by Crippen LogP contribution is -2.23. The van der Waals surface area contributed by atoms with Gasteiger partial charge >= 0.3 is 0 Å². The number of benzene rings is 1. The molecule has 0 aliphatic carbocycles. The Hall–Kier alpha value is -2.07. The molecule has 1 amide bonds. The summed E-state index contributed by atoms with van der Waals surface area (Å²) in [7, 11) is 1.73. The van der Waals surface area contributed by atoms with E-state index in [1.807, 2.05) is 31.2 Å². The van der Waals surface area contributed by atoms with Crippen LogP contribution in [0.5, 0.6) is 0 Å². The lowest BCUT2D eigenvalue weighted by Gasteiger charge is -2.08. The molecule has 104 valence electrons. The van der Waals surface area contributed by atoms with E-state index in [-0.39, 0.29) is 5.91 Å². The summed E-state index contributed by atoms with van der Waals surface area (Å²) >= 11 is 6.01. The molecule has 0 fully saturated rings. The summed E-state index contributed by atoms with van der Waals surface area (Å²) in [5.41, 5.74) is 2.67. The molecular weight excluding hydrogens is 274 g/mol. The zero-order valence-electron chi connectivity index (χ0n) is 11.4. The Kier molecular flexibility index (Phi) is 4.58. The number of carbonyl (C=O) groups excluding carboxylic acids is 1. The van der Waals surface area contributed by atoms with Crippen molar-refractivity contribution in [3.05, 3.63) is 58.2 Å². The van der Waals surface area contributed by atoms with Gasteiger partial charge in [0.2, 0.25) is 0 Å². The Labute approximate surface area is 123 Å². The number of rotatable bonds is 4. The first-order chi connectivity index (χ1) is 9.60. The number of hydrogen-bond donors (Lipinski definition) is 2. The molecule has 0 aliphatic rings. The van der Waals surface area contributed by atoms with Gasteiger partial charge in [-0.05, 0) is 18.6 Å². The minimum absolute atomic E-state index is 0.191. The van der Waals surface area contributed by atoms with E-state index in [4.69, 9.17) is 11.6 Å². The van der Waals surface area contributed by atoms with Gasteiger partial charge in [-0.2, -0.15) is 0 Å². The highest BCUT2D eigenvalue weighted by molar-refractivity contribution is 6.33. The van der Waals surface area contributed by atoms with Crippen molar-refractivity contribution in [2.45, 2.75) is 13.5 Å². The summed E-state index contributed by atoms with van der Waals surface area (Å²) in [6.45, 7) is 2.50. The van der Waals surface area contributed by atoms with Crippen LogP contribution in [0.25, 0.3) is 0 Å². The van der Waals surface area contributed by atoms with Crippen LogP contribution >= 0.6 is 11.6 Å². The Morgan fingerprint density at radius 3 is 2.80 bits per heavy atom. The van der Waals surface area contributed by atoms with Crippen LogP contribution in [0, 0.1) is 6.92 Å². The number of nitrogens with one attached hydrogen (secondary N) is 2. The molecule has 0 bridgehead atoms. The molecule has 0 unspecified atom stereocenters. The molecule has 4 nitrogen and oxygen atoms in total. The van der Waals surface area contributed by atoms with Gasteiger partial charge in [-0.15, -0.1) is 0 Å². The van der Waals surface area contributed by atoms with Gasteiger partial charge in [-0.25, -0.2) is 4.98 Å². The van der Waals surface area contributed by atoms with Crippen LogP contribution in [-0.2, 0) is 6.54 Å². The Morgan fingerprint density at radius 2 is 2.15 bits per heavy atom. The van der Waals surface area contributed by atoms with Crippen molar-refractivity contribution in [2.75, 3.05) is 12.4 Å². The zero-order valence-corrected chi connectivity index (χ0v) is 12.2. The normalized spacial score (nSPS) is 10.2. The second-order valence-corrected chi connectivity index (χ2v) is 4.88. The number of carbonyl (C=O) groups is 1. The van der Waals surface area contributed by atoms with Crippen LogP contribution < -0.4 is 10.6 Å². The van der Waals surface area contributed by atoms with Gasteiger partial charge in [-0.1, -0.05) is 41.4 Å². The highest BCUT2D eigenvalue weighted by atomic mass is 35.5. The van der Waals surface area contributed by atoms with E-state index in [9.17, 15) is 4.79 Å². The first-order valence-corrected chi connectivity index (χ1v) is 6.65. The SMILES string of the molecule is CNc1ncc(C(=O)NCc2cccc(C)c2)cc1Cl. The summed E-state index contributed by atoms with van der Waals surface area (Å²) < 4.78 is 0. The van der Waals surface area contributed by atoms with Gasteiger partial charge in [0, 0.05) is 19.8 Å². The van der Waals surface area contributed by atoms with Crippen molar-refractivity contribution >= 4 is 23.3 Å². The van der Waals surface area contributed by atoms with E-state index in [2.05, 4.69) is 15.6 Å². The predicted octanol–water partition coefficient (Wildman–Crippen LogP) is 3.02. The number of aromatic nitrogens is 1. The van der Waals surface area contributed by atoms with E-state index >= 15 is 0 Å². The minimum atomic E-state index is -0.191. The molecule has 1 aromatic carbocycles. The average molecular weight is 290 g/mol.